The van der Waals surface area contributed by atoms with E-state index >= 15 is 0 Å². The van der Waals surface area contributed by atoms with Crippen LogP contribution in [0.1, 0.15) is 29.4 Å². The lowest BCUT2D eigenvalue weighted by Crippen LogP contribution is -2.06. The van der Waals surface area contributed by atoms with E-state index in [2.05, 4.69) is 10.1 Å². The minimum Gasteiger partial charge on any atom is -0.488 e. The monoisotopic (exact) mass is 349 g/mol. The molecule has 0 aliphatic heterocycles. The van der Waals surface area contributed by atoms with Crippen molar-refractivity contribution in [1.82, 2.24) is 14.6 Å². The van der Waals surface area contributed by atoms with Gasteiger partial charge < -0.3 is 4.74 Å². The van der Waals surface area contributed by atoms with Crippen molar-refractivity contribution in [2.75, 3.05) is 6.61 Å². The molecule has 1 aliphatic carbocycles. The molecular weight excluding hydrogens is 336 g/mol. The number of fused-ring (bicyclic) bond motifs is 1. The van der Waals surface area contributed by atoms with E-state index in [0.29, 0.717) is 22.7 Å². The molecule has 1 saturated carbocycles. The molecule has 0 radical (unpaired) electrons. The molecule has 4 rings (SSSR count). The van der Waals surface area contributed by atoms with Gasteiger partial charge in [0.15, 0.2) is 5.65 Å². The number of ether oxygens (including phenoxy) is 1. The number of rotatable bonds is 5. The maximum Gasteiger partial charge on any atom is 0.272 e. The maximum absolute atomic E-state index is 12.2. The van der Waals surface area contributed by atoms with Crippen LogP contribution in [0.5, 0.6) is 5.75 Å². The van der Waals surface area contributed by atoms with Gasteiger partial charge in [-0.05, 0) is 42.0 Å². The van der Waals surface area contributed by atoms with E-state index in [-0.39, 0.29) is 0 Å². The number of halogens is 3. The summed E-state index contributed by atoms with van der Waals surface area (Å²) >= 11 is 6.09. The third kappa shape index (κ3) is 2.94. The number of alkyl halides is 2. The Morgan fingerprint density at radius 1 is 1.25 bits per heavy atom. The van der Waals surface area contributed by atoms with Gasteiger partial charge in [0, 0.05) is 18.0 Å². The van der Waals surface area contributed by atoms with Gasteiger partial charge in [-0.15, -0.1) is 0 Å². The van der Waals surface area contributed by atoms with Gasteiger partial charge in [0.05, 0.1) is 0 Å². The van der Waals surface area contributed by atoms with E-state index in [1.165, 1.54) is 0 Å². The Morgan fingerprint density at radius 3 is 2.79 bits per heavy atom. The topological polar surface area (TPSA) is 39.4 Å². The number of aromatic nitrogens is 3. The first-order chi connectivity index (χ1) is 11.6. The standard InChI is InChI=1S/C17H14ClF2N3O/c18-15-8-14(17-21-5-6-23(17)22-15)13-7-12(13)10-1-3-11(4-2-10)24-9-16(19)20/h1-6,8,12-13,16H,7,9H2/t12-,13?/m1/s1. The highest BCUT2D eigenvalue weighted by atomic mass is 35.5. The molecule has 0 N–H and O–H groups in total. The van der Waals surface area contributed by atoms with Crippen molar-refractivity contribution in [2.24, 2.45) is 0 Å². The molecule has 2 atom stereocenters. The average molecular weight is 350 g/mol. The van der Waals surface area contributed by atoms with Gasteiger partial charge in [0.25, 0.3) is 6.43 Å². The van der Waals surface area contributed by atoms with E-state index < -0.39 is 13.0 Å². The number of hydrogen-bond donors (Lipinski definition) is 0. The molecule has 0 saturated heterocycles. The Kier molecular flexibility index (Phi) is 3.84. The third-order valence-corrected chi connectivity index (χ3v) is 4.42. The van der Waals surface area contributed by atoms with Gasteiger partial charge >= 0.3 is 0 Å². The van der Waals surface area contributed by atoms with Gasteiger partial charge in [-0.25, -0.2) is 18.3 Å². The second-order valence-corrected chi connectivity index (χ2v) is 6.22. The van der Waals surface area contributed by atoms with Crippen molar-refractivity contribution in [3.63, 3.8) is 0 Å². The van der Waals surface area contributed by atoms with Crippen LogP contribution in [0, 0.1) is 0 Å². The Hall–Kier alpha value is -2.21. The molecule has 0 bridgehead atoms. The van der Waals surface area contributed by atoms with E-state index in [0.717, 1.165) is 23.2 Å². The van der Waals surface area contributed by atoms with Gasteiger partial charge in [-0.1, -0.05) is 23.7 Å². The summed E-state index contributed by atoms with van der Waals surface area (Å²) in [4.78, 5) is 4.35. The first-order valence-corrected chi connectivity index (χ1v) is 8.00. The molecule has 1 aliphatic rings. The van der Waals surface area contributed by atoms with Gasteiger partial charge in [-0.3, -0.25) is 0 Å². The van der Waals surface area contributed by atoms with Gasteiger partial charge in [0.1, 0.15) is 17.5 Å². The zero-order valence-electron chi connectivity index (χ0n) is 12.6. The minimum absolute atomic E-state index is 0.336. The smallest absolute Gasteiger partial charge is 0.272 e. The van der Waals surface area contributed by atoms with Crippen LogP contribution in [0.15, 0.2) is 42.7 Å². The lowest BCUT2D eigenvalue weighted by Gasteiger charge is -2.07. The maximum atomic E-state index is 12.2. The van der Waals surface area contributed by atoms with E-state index in [4.69, 9.17) is 16.3 Å². The van der Waals surface area contributed by atoms with Crippen molar-refractivity contribution in [3.05, 3.63) is 59.0 Å². The Balaban J connectivity index is 1.52. The minimum atomic E-state index is -2.47. The highest BCUT2D eigenvalue weighted by molar-refractivity contribution is 6.29. The summed E-state index contributed by atoms with van der Waals surface area (Å²) < 4.78 is 31.0. The van der Waals surface area contributed by atoms with Crippen molar-refractivity contribution < 1.29 is 13.5 Å². The average Bonchev–Trinajstić information content (AvgIpc) is 3.22. The Labute approximate surface area is 142 Å². The van der Waals surface area contributed by atoms with Crippen LogP contribution < -0.4 is 4.74 Å². The molecule has 1 fully saturated rings. The van der Waals surface area contributed by atoms with Gasteiger partial charge in [-0.2, -0.15) is 5.10 Å². The first-order valence-electron chi connectivity index (χ1n) is 7.62. The molecule has 4 nitrogen and oxygen atoms in total. The predicted molar refractivity (Wildman–Crippen MR) is 86.0 cm³/mol. The Bertz CT molecular complexity index is 866. The number of benzene rings is 1. The molecule has 3 aromatic rings. The van der Waals surface area contributed by atoms with Crippen molar-refractivity contribution >= 4 is 17.2 Å². The zero-order valence-corrected chi connectivity index (χ0v) is 13.3. The summed E-state index contributed by atoms with van der Waals surface area (Å²) in [6.45, 7) is -0.585. The van der Waals surface area contributed by atoms with E-state index in [1.54, 1.807) is 29.0 Å². The molecule has 2 heterocycles. The summed E-state index contributed by atoms with van der Waals surface area (Å²) in [5.74, 6) is 1.16. The van der Waals surface area contributed by atoms with Crippen molar-refractivity contribution in [1.29, 1.82) is 0 Å². The third-order valence-electron chi connectivity index (χ3n) is 4.23. The van der Waals surface area contributed by atoms with Crippen LogP contribution in [0.3, 0.4) is 0 Å². The fourth-order valence-electron chi connectivity index (χ4n) is 3.06. The van der Waals surface area contributed by atoms with Crippen LogP contribution in [0.4, 0.5) is 8.78 Å². The highest BCUT2D eigenvalue weighted by Crippen LogP contribution is 2.55. The van der Waals surface area contributed by atoms with Crippen molar-refractivity contribution in [2.45, 2.75) is 24.7 Å². The lowest BCUT2D eigenvalue weighted by molar-refractivity contribution is 0.0819. The first kappa shape index (κ1) is 15.3. The fraction of sp³-hybridized carbons (Fsp3) is 0.294. The van der Waals surface area contributed by atoms with Crippen LogP contribution in [0.25, 0.3) is 5.65 Å². The molecule has 0 amide bonds. The normalized spacial score (nSPS) is 19.8. The summed E-state index contributed by atoms with van der Waals surface area (Å²) in [6, 6.07) is 9.19. The molecule has 124 valence electrons. The van der Waals surface area contributed by atoms with E-state index in [9.17, 15) is 8.78 Å². The van der Waals surface area contributed by atoms with E-state index in [1.807, 2.05) is 18.2 Å². The highest BCUT2D eigenvalue weighted by Gasteiger charge is 2.41. The predicted octanol–water partition coefficient (Wildman–Crippen LogP) is 4.30. The summed E-state index contributed by atoms with van der Waals surface area (Å²) in [6.07, 6.45) is 2.01. The number of imidazole rings is 1. The Morgan fingerprint density at radius 2 is 2.04 bits per heavy atom. The van der Waals surface area contributed by atoms with Crippen molar-refractivity contribution in [3.8, 4) is 5.75 Å². The summed E-state index contributed by atoms with van der Waals surface area (Å²) in [5, 5.41) is 4.63. The summed E-state index contributed by atoms with van der Waals surface area (Å²) in [7, 11) is 0. The second kappa shape index (κ2) is 6.02. The van der Waals surface area contributed by atoms with Crippen LogP contribution in [-0.2, 0) is 0 Å². The SMILES string of the molecule is FC(F)COc1ccc([C@H]2CC2c2cc(Cl)nn3ccnc23)cc1. The number of hydrogen-bond acceptors (Lipinski definition) is 3. The van der Waals surface area contributed by atoms with Crippen LogP contribution >= 0.6 is 11.6 Å². The quantitative estimate of drug-likeness (QED) is 0.689. The molecule has 1 unspecified atom stereocenters. The lowest BCUT2D eigenvalue weighted by atomic mass is 10.1. The molecule has 0 spiro atoms. The molecule has 24 heavy (non-hydrogen) atoms. The zero-order chi connectivity index (χ0) is 16.7. The van der Waals surface area contributed by atoms with Crippen LogP contribution in [0.2, 0.25) is 5.15 Å². The summed E-state index contributed by atoms with van der Waals surface area (Å²) in [5.41, 5.74) is 3.06. The number of nitrogens with zero attached hydrogens (tertiary/aromatic N) is 3. The largest absolute Gasteiger partial charge is 0.488 e. The molecular formula is C17H14ClF2N3O. The van der Waals surface area contributed by atoms with Crippen LogP contribution in [-0.4, -0.2) is 27.6 Å². The second-order valence-electron chi connectivity index (χ2n) is 5.84. The molecule has 1 aromatic carbocycles. The molecule has 7 heteroatoms. The molecule has 2 aromatic heterocycles. The fourth-order valence-corrected chi connectivity index (χ4v) is 3.26. The van der Waals surface area contributed by atoms with Gasteiger partial charge in [0.2, 0.25) is 0 Å².